The number of aliphatic hydroxyl groups excluding tert-OH is 4. The van der Waals surface area contributed by atoms with Gasteiger partial charge in [-0.15, -0.1) is 0 Å². The number of ether oxygens (including phenoxy) is 1. The molecule has 5 rings (SSSR count). The molecule has 2 unspecified atom stereocenters. The van der Waals surface area contributed by atoms with E-state index in [0.29, 0.717) is 23.7 Å². The van der Waals surface area contributed by atoms with Crippen molar-refractivity contribution in [3.05, 3.63) is 0 Å². The summed E-state index contributed by atoms with van der Waals surface area (Å²) in [6.07, 6.45) is 5.90. The molecule has 250 valence electrons. The van der Waals surface area contributed by atoms with Crippen LogP contribution in [0.5, 0.6) is 0 Å². The van der Waals surface area contributed by atoms with E-state index < -0.39 is 51.2 Å². The molecule has 5 fully saturated rings. The van der Waals surface area contributed by atoms with Crippen LogP contribution in [0.3, 0.4) is 0 Å². The van der Waals surface area contributed by atoms with Crippen LogP contribution in [0, 0.1) is 52.3 Å². The molecule has 9 nitrogen and oxygen atoms in total. The van der Waals surface area contributed by atoms with Crippen LogP contribution in [-0.2, 0) is 18.3 Å². The van der Waals surface area contributed by atoms with Gasteiger partial charge < -0.3 is 30.1 Å². The molecule has 4 aliphatic carbocycles. The fourth-order valence-electron chi connectivity index (χ4n) is 10.8. The van der Waals surface area contributed by atoms with Crippen molar-refractivity contribution in [2.75, 3.05) is 6.61 Å². The topological polar surface area (TPSA) is 146 Å². The third-order valence-corrected chi connectivity index (χ3v) is 14.2. The standard InChI is InChI=1S/C33H59O9P/c1-19(2)7-6-8-20(3)24-11-12-25-23-10-9-21-17-22(13-15-32(21,4)26(23)14-16-33(24,25)5)42-43(38,39)40-18-27-28(34)29(35)30(36)31(37)41-27/h19-31,34-37H,6-18H2,1-5H3,(H,38,39)/t20-,21+,22+,23+,24-,25+,26+,27-,28-,29+,30+,31?,32+,33-/m1/s1. The number of aliphatic hydroxyl groups is 4. The Labute approximate surface area is 258 Å². The van der Waals surface area contributed by atoms with Crippen molar-refractivity contribution in [1.82, 2.24) is 0 Å². The molecule has 0 aromatic carbocycles. The van der Waals surface area contributed by atoms with Crippen molar-refractivity contribution in [1.29, 1.82) is 0 Å². The molecule has 5 aliphatic rings. The van der Waals surface area contributed by atoms with E-state index in [1.165, 1.54) is 51.4 Å². The molecule has 1 heterocycles. The number of phosphoric acid groups is 1. The zero-order valence-electron chi connectivity index (χ0n) is 27.0. The zero-order chi connectivity index (χ0) is 31.3. The third kappa shape index (κ3) is 6.82. The van der Waals surface area contributed by atoms with E-state index in [4.69, 9.17) is 13.8 Å². The summed E-state index contributed by atoms with van der Waals surface area (Å²) in [5.41, 5.74) is 0.682. The molecule has 43 heavy (non-hydrogen) atoms. The lowest BCUT2D eigenvalue weighted by Gasteiger charge is -2.61. The van der Waals surface area contributed by atoms with E-state index in [9.17, 15) is 29.9 Å². The first-order chi connectivity index (χ1) is 20.2. The summed E-state index contributed by atoms with van der Waals surface area (Å²) in [5, 5.41) is 39.4. The third-order valence-electron chi connectivity index (χ3n) is 13.2. The Hall–Kier alpha value is -0.0900. The Morgan fingerprint density at radius 2 is 1.56 bits per heavy atom. The lowest BCUT2D eigenvalue weighted by molar-refractivity contribution is -0.285. The van der Waals surface area contributed by atoms with Gasteiger partial charge in [-0.2, -0.15) is 0 Å². The van der Waals surface area contributed by atoms with Crippen molar-refractivity contribution in [3.63, 3.8) is 0 Å². The monoisotopic (exact) mass is 630 g/mol. The predicted molar refractivity (Wildman–Crippen MR) is 163 cm³/mol. The molecule has 1 aliphatic heterocycles. The van der Waals surface area contributed by atoms with Gasteiger partial charge in [-0.25, -0.2) is 4.57 Å². The maximum atomic E-state index is 12.9. The van der Waals surface area contributed by atoms with Crippen LogP contribution in [-0.4, -0.2) is 68.7 Å². The lowest BCUT2D eigenvalue weighted by atomic mass is 9.44. The van der Waals surface area contributed by atoms with Gasteiger partial charge in [0.2, 0.25) is 0 Å². The fraction of sp³-hybridized carbons (Fsp3) is 1.00. The van der Waals surface area contributed by atoms with Gasteiger partial charge in [-0.05, 0) is 110 Å². The van der Waals surface area contributed by atoms with E-state index in [1.807, 2.05) is 0 Å². The van der Waals surface area contributed by atoms with Crippen LogP contribution in [0.1, 0.15) is 112 Å². The van der Waals surface area contributed by atoms with Gasteiger partial charge in [0.1, 0.15) is 24.4 Å². The highest BCUT2D eigenvalue weighted by Crippen LogP contribution is 2.69. The fourth-order valence-corrected chi connectivity index (χ4v) is 11.8. The smallest absolute Gasteiger partial charge is 0.387 e. The second-order valence-electron chi connectivity index (χ2n) is 16.0. The molecular formula is C33H59O9P. The van der Waals surface area contributed by atoms with Crippen molar-refractivity contribution in [2.24, 2.45) is 52.3 Å². The molecule has 0 aromatic heterocycles. The molecule has 15 atom stereocenters. The summed E-state index contributed by atoms with van der Waals surface area (Å²) >= 11 is 0. The Morgan fingerprint density at radius 3 is 2.28 bits per heavy atom. The molecule has 0 aromatic rings. The zero-order valence-corrected chi connectivity index (χ0v) is 27.9. The van der Waals surface area contributed by atoms with E-state index in [1.54, 1.807) is 0 Å². The minimum absolute atomic E-state index is 0.221. The summed E-state index contributed by atoms with van der Waals surface area (Å²) in [5.74, 6) is 5.18. The Morgan fingerprint density at radius 1 is 0.860 bits per heavy atom. The van der Waals surface area contributed by atoms with Crippen LogP contribution in [0.25, 0.3) is 0 Å². The summed E-state index contributed by atoms with van der Waals surface area (Å²) in [4.78, 5) is 10.5. The van der Waals surface area contributed by atoms with E-state index in [-0.39, 0.29) is 5.41 Å². The van der Waals surface area contributed by atoms with Gasteiger partial charge in [0, 0.05) is 0 Å². The van der Waals surface area contributed by atoms with Crippen molar-refractivity contribution >= 4 is 7.82 Å². The predicted octanol–water partition coefficient (Wildman–Crippen LogP) is 5.41. The number of fused-ring (bicyclic) bond motifs is 5. The number of rotatable bonds is 10. The van der Waals surface area contributed by atoms with Gasteiger partial charge in [0.05, 0.1) is 12.7 Å². The summed E-state index contributed by atoms with van der Waals surface area (Å²) in [6, 6.07) is 0. The largest absolute Gasteiger partial charge is 0.472 e. The Kier molecular flexibility index (Phi) is 10.5. The summed E-state index contributed by atoms with van der Waals surface area (Å²) in [7, 11) is -4.48. The Balaban J connectivity index is 1.15. The second kappa shape index (κ2) is 13.2. The molecular weight excluding hydrogens is 571 g/mol. The van der Waals surface area contributed by atoms with E-state index in [0.717, 1.165) is 48.9 Å². The SMILES string of the molecule is CC(C)CCC[C@@H](C)[C@H]1CC[C@H]2[C@@H]3CC[C@H]4C[C@@H](OP(=O)(O)OC[C@H]5OC(O)[C@@H](O)[C@@H](O)[C@@H]5O)CC[C@]4(C)[C@H]3CC[C@]12C. The van der Waals surface area contributed by atoms with Crippen molar-refractivity contribution in [3.8, 4) is 0 Å². The van der Waals surface area contributed by atoms with Crippen LogP contribution in [0.2, 0.25) is 0 Å². The maximum Gasteiger partial charge on any atom is 0.472 e. The molecule has 5 N–H and O–H groups in total. The van der Waals surface area contributed by atoms with Crippen LogP contribution in [0.15, 0.2) is 0 Å². The lowest BCUT2D eigenvalue weighted by Crippen LogP contribution is -2.58. The molecule has 0 bridgehead atoms. The average Bonchev–Trinajstić information content (AvgIpc) is 3.30. The first kappa shape index (κ1) is 34.3. The molecule has 0 spiro atoms. The minimum Gasteiger partial charge on any atom is -0.387 e. The normalized spacial score (nSPS) is 48.7. The highest BCUT2D eigenvalue weighted by Gasteiger charge is 2.61. The Bertz CT molecular complexity index is 995. The quantitative estimate of drug-likeness (QED) is 0.200. The number of hydrogen-bond donors (Lipinski definition) is 5. The summed E-state index contributed by atoms with van der Waals surface area (Å²) in [6.45, 7) is 11.7. The number of hydrogen-bond acceptors (Lipinski definition) is 8. The molecule has 10 heteroatoms. The highest BCUT2D eigenvalue weighted by molar-refractivity contribution is 7.47. The van der Waals surface area contributed by atoms with Crippen LogP contribution >= 0.6 is 7.82 Å². The highest BCUT2D eigenvalue weighted by atomic mass is 31.2. The van der Waals surface area contributed by atoms with Gasteiger partial charge in [0.25, 0.3) is 0 Å². The molecule has 0 amide bonds. The minimum atomic E-state index is -4.48. The van der Waals surface area contributed by atoms with E-state index >= 15 is 0 Å². The molecule has 4 saturated carbocycles. The van der Waals surface area contributed by atoms with Crippen molar-refractivity contribution < 1.29 is 43.7 Å². The first-order valence-electron chi connectivity index (χ1n) is 17.2. The second-order valence-corrected chi connectivity index (χ2v) is 17.4. The molecule has 1 saturated heterocycles. The van der Waals surface area contributed by atoms with Gasteiger partial charge in [-0.1, -0.05) is 53.9 Å². The first-order valence-corrected chi connectivity index (χ1v) is 18.7. The molecule has 0 radical (unpaired) electrons. The average molecular weight is 631 g/mol. The maximum absolute atomic E-state index is 12.9. The van der Waals surface area contributed by atoms with Crippen molar-refractivity contribution in [2.45, 2.75) is 148 Å². The van der Waals surface area contributed by atoms with Crippen LogP contribution < -0.4 is 0 Å². The van der Waals surface area contributed by atoms with E-state index in [2.05, 4.69) is 34.6 Å². The number of phosphoric ester groups is 1. The van der Waals surface area contributed by atoms with Gasteiger partial charge in [0.15, 0.2) is 6.29 Å². The van der Waals surface area contributed by atoms with Crippen LogP contribution in [0.4, 0.5) is 0 Å². The van der Waals surface area contributed by atoms with Gasteiger partial charge in [-0.3, -0.25) is 9.05 Å². The summed E-state index contributed by atoms with van der Waals surface area (Å²) < 4.78 is 28.7. The van der Waals surface area contributed by atoms with Gasteiger partial charge >= 0.3 is 7.82 Å².